The standard InChI is InChI=1S/C31H44N2O3/c1-3-31-16-14-26-25-13-15-30(35,20-36-2)17-23(25)11-12-27(26)28(31)6-4-5-24(31)19-33-29(34)22-9-7-21(18-32)8-10-22/h7-10,23-28,35H,3-6,11-17,19-20H2,1-2H3,(H,33,34)/t23-,24-,25+,26?,27-,28+,30-,31-/m1/s1. The van der Waals surface area contributed by atoms with Crippen molar-refractivity contribution in [3.8, 4) is 6.07 Å². The number of rotatable bonds is 6. The average Bonchev–Trinajstić information content (AvgIpc) is 2.90. The van der Waals surface area contributed by atoms with Gasteiger partial charge in [0.15, 0.2) is 0 Å². The number of hydrogen-bond acceptors (Lipinski definition) is 4. The minimum absolute atomic E-state index is 0.0205. The largest absolute Gasteiger partial charge is 0.387 e. The summed E-state index contributed by atoms with van der Waals surface area (Å²) in [5, 5.41) is 23.4. The maximum Gasteiger partial charge on any atom is 0.251 e. The van der Waals surface area contributed by atoms with Gasteiger partial charge in [0.25, 0.3) is 5.91 Å². The third kappa shape index (κ3) is 4.61. The summed E-state index contributed by atoms with van der Waals surface area (Å²) in [4.78, 5) is 12.9. The van der Waals surface area contributed by atoms with Crippen LogP contribution in [0.3, 0.4) is 0 Å². The second-order valence-electron chi connectivity index (χ2n) is 12.5. The molecule has 1 unspecified atom stereocenters. The molecule has 8 atom stereocenters. The molecule has 0 heterocycles. The van der Waals surface area contributed by atoms with Gasteiger partial charge < -0.3 is 15.2 Å². The topological polar surface area (TPSA) is 82.3 Å². The van der Waals surface area contributed by atoms with Crippen molar-refractivity contribution in [2.24, 2.45) is 40.9 Å². The summed E-state index contributed by atoms with van der Waals surface area (Å²) < 4.78 is 5.37. The third-order valence-electron chi connectivity index (χ3n) is 11.1. The zero-order chi connectivity index (χ0) is 25.3. The van der Waals surface area contributed by atoms with E-state index in [0.29, 0.717) is 35.0 Å². The number of aliphatic hydroxyl groups is 1. The van der Waals surface area contributed by atoms with E-state index in [1.807, 2.05) is 0 Å². The molecule has 196 valence electrons. The molecule has 0 radical (unpaired) electrons. The van der Waals surface area contributed by atoms with Crippen LogP contribution in [0.25, 0.3) is 0 Å². The van der Waals surface area contributed by atoms with Crippen molar-refractivity contribution in [2.45, 2.75) is 83.2 Å². The van der Waals surface area contributed by atoms with Gasteiger partial charge in [0, 0.05) is 19.2 Å². The van der Waals surface area contributed by atoms with E-state index < -0.39 is 5.60 Å². The fourth-order valence-corrected chi connectivity index (χ4v) is 9.53. The predicted octanol–water partition coefficient (Wildman–Crippen LogP) is 5.71. The molecule has 4 fully saturated rings. The molecular weight excluding hydrogens is 448 g/mol. The van der Waals surface area contributed by atoms with Crippen molar-refractivity contribution in [3.05, 3.63) is 35.4 Å². The lowest BCUT2D eigenvalue weighted by Gasteiger charge is -2.62. The summed E-state index contributed by atoms with van der Waals surface area (Å²) in [6, 6.07) is 9.08. The minimum atomic E-state index is -0.617. The monoisotopic (exact) mass is 492 g/mol. The Labute approximate surface area is 217 Å². The van der Waals surface area contributed by atoms with Gasteiger partial charge in [0.2, 0.25) is 0 Å². The molecule has 4 aliphatic carbocycles. The zero-order valence-electron chi connectivity index (χ0n) is 22.2. The second kappa shape index (κ2) is 10.5. The van der Waals surface area contributed by atoms with Crippen molar-refractivity contribution in [1.82, 2.24) is 5.32 Å². The molecule has 1 aromatic carbocycles. The Morgan fingerprint density at radius 2 is 1.86 bits per heavy atom. The average molecular weight is 493 g/mol. The molecule has 0 aliphatic heterocycles. The van der Waals surface area contributed by atoms with Gasteiger partial charge in [-0.05, 0) is 129 Å². The quantitative estimate of drug-likeness (QED) is 0.532. The van der Waals surface area contributed by atoms with E-state index in [0.717, 1.165) is 49.5 Å². The molecule has 36 heavy (non-hydrogen) atoms. The molecule has 4 aliphatic rings. The van der Waals surface area contributed by atoms with Crippen molar-refractivity contribution < 1.29 is 14.6 Å². The molecular formula is C31H44N2O3. The summed E-state index contributed by atoms with van der Waals surface area (Å²) in [5.41, 5.74) is 0.947. The number of amides is 1. The molecule has 2 N–H and O–H groups in total. The van der Waals surface area contributed by atoms with Gasteiger partial charge in [-0.15, -0.1) is 0 Å². The summed E-state index contributed by atoms with van der Waals surface area (Å²) in [5.74, 6) is 4.34. The molecule has 0 aromatic heterocycles. The number of methoxy groups -OCH3 is 1. The van der Waals surface area contributed by atoms with E-state index in [2.05, 4.69) is 18.3 Å². The number of carbonyl (C=O) groups excluding carboxylic acids is 1. The van der Waals surface area contributed by atoms with Crippen molar-refractivity contribution in [1.29, 1.82) is 5.26 Å². The number of benzene rings is 1. The first-order valence-electron chi connectivity index (χ1n) is 14.4. The highest BCUT2D eigenvalue weighted by Crippen LogP contribution is 2.64. The highest BCUT2D eigenvalue weighted by molar-refractivity contribution is 5.94. The molecule has 1 aromatic rings. The molecule has 1 amide bonds. The Morgan fingerprint density at radius 3 is 2.58 bits per heavy atom. The van der Waals surface area contributed by atoms with Crippen LogP contribution < -0.4 is 5.32 Å². The first kappa shape index (κ1) is 25.7. The maximum atomic E-state index is 12.9. The zero-order valence-corrected chi connectivity index (χ0v) is 22.2. The van der Waals surface area contributed by atoms with Crippen LogP contribution in [0.4, 0.5) is 0 Å². The van der Waals surface area contributed by atoms with Gasteiger partial charge in [0.1, 0.15) is 0 Å². The number of nitrogens with zero attached hydrogens (tertiary/aromatic N) is 1. The van der Waals surface area contributed by atoms with Crippen molar-refractivity contribution in [3.63, 3.8) is 0 Å². The van der Waals surface area contributed by atoms with Gasteiger partial charge in [-0.25, -0.2) is 0 Å². The third-order valence-corrected chi connectivity index (χ3v) is 11.1. The minimum Gasteiger partial charge on any atom is -0.387 e. The van der Waals surface area contributed by atoms with Crippen LogP contribution in [0, 0.1) is 52.3 Å². The number of nitrogens with one attached hydrogen (secondary N) is 1. The Hall–Kier alpha value is -1.90. The number of nitriles is 1. The van der Waals surface area contributed by atoms with E-state index >= 15 is 0 Å². The van der Waals surface area contributed by atoms with E-state index in [4.69, 9.17) is 10.00 Å². The number of carbonyl (C=O) groups is 1. The lowest BCUT2D eigenvalue weighted by Crippen LogP contribution is -2.56. The normalized spacial score (nSPS) is 39.7. The van der Waals surface area contributed by atoms with Gasteiger partial charge >= 0.3 is 0 Å². The fraction of sp³-hybridized carbons (Fsp3) is 0.742. The van der Waals surface area contributed by atoms with E-state index in [1.54, 1.807) is 31.4 Å². The van der Waals surface area contributed by atoms with Crippen LogP contribution in [-0.4, -0.2) is 36.9 Å². The highest BCUT2D eigenvalue weighted by Gasteiger charge is 2.57. The second-order valence-corrected chi connectivity index (χ2v) is 12.5. The van der Waals surface area contributed by atoms with Gasteiger partial charge in [0.05, 0.1) is 23.8 Å². The first-order chi connectivity index (χ1) is 17.4. The Balaban J connectivity index is 1.27. The SMILES string of the molecule is CC[C@]12CCC3[C@H]4CC[C@](O)(COC)C[C@H]4CC[C@H]3[C@@H]1CCC[C@@H]2CNC(=O)c1ccc(C#N)cc1. The van der Waals surface area contributed by atoms with Crippen LogP contribution in [0.1, 0.15) is 93.5 Å². The number of ether oxygens (including phenoxy) is 1. The van der Waals surface area contributed by atoms with E-state index in [9.17, 15) is 9.90 Å². The number of hydrogen-bond donors (Lipinski definition) is 2. The fourth-order valence-electron chi connectivity index (χ4n) is 9.53. The van der Waals surface area contributed by atoms with E-state index in [1.165, 1.54) is 51.4 Å². The lowest BCUT2D eigenvalue weighted by atomic mass is 9.44. The summed E-state index contributed by atoms with van der Waals surface area (Å²) in [7, 11) is 1.71. The summed E-state index contributed by atoms with van der Waals surface area (Å²) >= 11 is 0. The van der Waals surface area contributed by atoms with Crippen molar-refractivity contribution >= 4 is 5.91 Å². The Morgan fingerprint density at radius 1 is 1.08 bits per heavy atom. The van der Waals surface area contributed by atoms with Crippen molar-refractivity contribution in [2.75, 3.05) is 20.3 Å². The van der Waals surface area contributed by atoms with Gasteiger partial charge in [-0.3, -0.25) is 4.79 Å². The highest BCUT2D eigenvalue weighted by atomic mass is 16.5. The van der Waals surface area contributed by atoms with Gasteiger partial charge in [-0.2, -0.15) is 5.26 Å². The maximum absolute atomic E-state index is 12.9. The summed E-state index contributed by atoms with van der Waals surface area (Å²) in [6.45, 7) is 3.63. The van der Waals surface area contributed by atoms with Crippen LogP contribution in [0.5, 0.6) is 0 Å². The lowest BCUT2D eigenvalue weighted by molar-refractivity contribution is -0.145. The van der Waals surface area contributed by atoms with Gasteiger partial charge in [-0.1, -0.05) is 13.3 Å². The molecule has 5 nitrogen and oxygen atoms in total. The smallest absolute Gasteiger partial charge is 0.251 e. The van der Waals surface area contributed by atoms with Crippen LogP contribution >= 0.6 is 0 Å². The van der Waals surface area contributed by atoms with Crippen LogP contribution in [-0.2, 0) is 4.74 Å². The number of fused-ring (bicyclic) bond motifs is 5. The molecule has 5 rings (SSSR count). The summed E-state index contributed by atoms with van der Waals surface area (Å²) in [6.07, 6.45) is 13.2. The first-order valence-corrected chi connectivity index (χ1v) is 14.4. The molecule has 5 heteroatoms. The van der Waals surface area contributed by atoms with Crippen LogP contribution in [0.15, 0.2) is 24.3 Å². The Kier molecular flexibility index (Phi) is 7.48. The molecule has 0 spiro atoms. The Bertz CT molecular complexity index is 971. The predicted molar refractivity (Wildman–Crippen MR) is 140 cm³/mol. The molecule has 4 saturated carbocycles. The molecule has 0 bridgehead atoms. The van der Waals surface area contributed by atoms with Crippen LogP contribution in [0.2, 0.25) is 0 Å². The molecule has 0 saturated heterocycles. The van der Waals surface area contributed by atoms with E-state index in [-0.39, 0.29) is 5.91 Å².